The average molecular weight is 472 g/mol. The van der Waals surface area contributed by atoms with Crippen LogP contribution >= 0.6 is 11.8 Å². The number of para-hydroxylation sites is 1. The van der Waals surface area contributed by atoms with Crippen molar-refractivity contribution in [3.8, 4) is 0 Å². The number of aromatic nitrogens is 2. The molecule has 0 spiro atoms. The van der Waals surface area contributed by atoms with E-state index in [9.17, 15) is 8.42 Å². The molecule has 166 valence electrons. The molecule has 0 amide bonds. The maximum absolute atomic E-state index is 13.1. The Morgan fingerprint density at radius 2 is 1.69 bits per heavy atom. The lowest BCUT2D eigenvalue weighted by Crippen LogP contribution is -2.47. The van der Waals surface area contributed by atoms with Crippen molar-refractivity contribution >= 4 is 45.0 Å². The van der Waals surface area contributed by atoms with Gasteiger partial charge < -0.3 is 0 Å². The zero-order valence-corrected chi connectivity index (χ0v) is 19.7. The molecule has 0 fully saturated rings. The van der Waals surface area contributed by atoms with Crippen LogP contribution in [0.2, 0.25) is 0 Å². The number of quaternary nitrogens is 1. The molecule has 2 N–H and O–H groups in total. The molecule has 1 aromatic heterocycles. The van der Waals surface area contributed by atoms with E-state index in [0.29, 0.717) is 28.7 Å². The summed E-state index contributed by atoms with van der Waals surface area (Å²) in [4.78, 5) is 0.167. The number of nitrogens with one attached hydrogen (secondary N) is 2. The first-order valence-electron chi connectivity index (χ1n) is 9.99. The highest BCUT2D eigenvalue weighted by Gasteiger charge is 2.48. The predicted molar refractivity (Wildman–Crippen MR) is 128 cm³/mol. The predicted octanol–water partition coefficient (Wildman–Crippen LogP) is 4.76. The van der Waals surface area contributed by atoms with Crippen LogP contribution in [0, 0.1) is 0 Å². The molecule has 0 saturated carbocycles. The molecule has 2 heterocycles. The Balaban J connectivity index is 1.71. The number of hydrogen-bond acceptors (Lipinski definition) is 5. The SMILES string of the molecule is CC1=NN=C(c2ccccc2NS(=O)(=O)c2ccc(C(C)(C)C)cc2)[N+]1(Cl)c1cc[nH]n1. The summed E-state index contributed by atoms with van der Waals surface area (Å²) in [7, 11) is -3.85. The number of rotatable bonds is 5. The summed E-state index contributed by atoms with van der Waals surface area (Å²) in [5.41, 5.74) is 1.82. The van der Waals surface area contributed by atoms with E-state index in [2.05, 4.69) is 45.9 Å². The number of amidine groups is 2. The van der Waals surface area contributed by atoms with Gasteiger partial charge in [-0.15, -0.1) is 5.10 Å². The van der Waals surface area contributed by atoms with Gasteiger partial charge in [0.05, 0.1) is 16.1 Å². The number of hydrogen-bond donors (Lipinski definition) is 2. The Bertz CT molecular complexity index is 1310. The van der Waals surface area contributed by atoms with Gasteiger partial charge in [0.1, 0.15) is 0 Å². The van der Waals surface area contributed by atoms with Crippen LogP contribution in [0.5, 0.6) is 0 Å². The van der Waals surface area contributed by atoms with Gasteiger partial charge in [-0.2, -0.15) is 0 Å². The second kappa shape index (κ2) is 7.84. The van der Waals surface area contributed by atoms with E-state index in [4.69, 9.17) is 11.8 Å². The molecule has 1 unspecified atom stereocenters. The number of H-pyrrole nitrogens is 1. The molecule has 2 aromatic carbocycles. The molecule has 3 aromatic rings. The van der Waals surface area contributed by atoms with Crippen molar-refractivity contribution < 1.29 is 8.42 Å². The Labute approximate surface area is 192 Å². The van der Waals surface area contributed by atoms with Gasteiger partial charge in [0, 0.05) is 19.2 Å². The molecule has 32 heavy (non-hydrogen) atoms. The van der Waals surface area contributed by atoms with Crippen LogP contribution in [0.15, 0.2) is 75.9 Å². The molecule has 1 aliphatic rings. The molecule has 0 saturated heterocycles. The summed E-state index contributed by atoms with van der Waals surface area (Å²) in [5, 5.41) is 15.3. The zero-order chi connectivity index (χ0) is 23.1. The van der Waals surface area contributed by atoms with Crippen LogP contribution in [0.1, 0.15) is 38.8 Å². The summed E-state index contributed by atoms with van der Waals surface area (Å²) >= 11 is 6.92. The molecule has 4 rings (SSSR count). The molecule has 0 bridgehead atoms. The maximum atomic E-state index is 13.1. The van der Waals surface area contributed by atoms with Crippen LogP contribution in [-0.2, 0) is 15.4 Å². The van der Waals surface area contributed by atoms with Crippen LogP contribution in [0.25, 0.3) is 0 Å². The smallest absolute Gasteiger partial charge is 0.280 e. The van der Waals surface area contributed by atoms with E-state index in [1.54, 1.807) is 55.6 Å². The van der Waals surface area contributed by atoms with Crippen molar-refractivity contribution in [3.63, 3.8) is 0 Å². The molecular formula is C22H24ClN6O2S+. The highest BCUT2D eigenvalue weighted by atomic mass is 35.5. The van der Waals surface area contributed by atoms with Crippen molar-refractivity contribution in [2.45, 2.75) is 38.0 Å². The van der Waals surface area contributed by atoms with Crippen molar-refractivity contribution in [3.05, 3.63) is 71.9 Å². The summed E-state index contributed by atoms with van der Waals surface area (Å²) in [5.74, 6) is 1.31. The molecule has 8 nitrogen and oxygen atoms in total. The van der Waals surface area contributed by atoms with Crippen LogP contribution < -0.4 is 8.72 Å². The van der Waals surface area contributed by atoms with E-state index >= 15 is 0 Å². The highest BCUT2D eigenvalue weighted by Crippen LogP contribution is 2.35. The van der Waals surface area contributed by atoms with Gasteiger partial charge in [-0.3, -0.25) is 9.82 Å². The van der Waals surface area contributed by atoms with Gasteiger partial charge in [-0.05, 0) is 35.2 Å². The lowest BCUT2D eigenvalue weighted by molar-refractivity contribution is 0.587. The second-order valence-corrected chi connectivity index (χ2v) is 10.7. The van der Waals surface area contributed by atoms with Crippen molar-refractivity contribution in [1.82, 2.24) is 14.2 Å². The summed E-state index contributed by atoms with van der Waals surface area (Å²) in [6.45, 7) is 7.97. The van der Waals surface area contributed by atoms with E-state index in [1.807, 2.05) is 12.1 Å². The normalized spacial score (nSPS) is 18.9. The molecule has 0 radical (unpaired) electrons. The Morgan fingerprint density at radius 3 is 2.31 bits per heavy atom. The third-order valence-electron chi connectivity index (χ3n) is 5.27. The van der Waals surface area contributed by atoms with Gasteiger partial charge in [0.15, 0.2) is 11.8 Å². The van der Waals surface area contributed by atoms with Gasteiger partial charge in [0.25, 0.3) is 27.5 Å². The van der Waals surface area contributed by atoms with Gasteiger partial charge >= 0.3 is 0 Å². The molecule has 1 aliphatic heterocycles. The van der Waals surface area contributed by atoms with Crippen molar-refractivity contribution in [2.24, 2.45) is 10.2 Å². The van der Waals surface area contributed by atoms with Crippen molar-refractivity contribution in [1.29, 1.82) is 0 Å². The quantitative estimate of drug-likeness (QED) is 0.524. The molecule has 10 heteroatoms. The third kappa shape index (κ3) is 3.83. The van der Waals surface area contributed by atoms with Crippen LogP contribution in [-0.4, -0.2) is 30.3 Å². The summed E-state index contributed by atoms with van der Waals surface area (Å²) < 4.78 is 28.6. The minimum atomic E-state index is -3.85. The molecular weight excluding hydrogens is 448 g/mol. The third-order valence-corrected chi connectivity index (χ3v) is 7.23. The summed E-state index contributed by atoms with van der Waals surface area (Å²) in [6.07, 6.45) is 1.65. The number of anilines is 1. The topological polar surface area (TPSA) is 99.6 Å². The first kappa shape index (κ1) is 22.2. The van der Waals surface area contributed by atoms with Gasteiger partial charge in [-0.1, -0.05) is 59.2 Å². The highest BCUT2D eigenvalue weighted by molar-refractivity contribution is 7.92. The number of sulfonamides is 1. The van der Waals surface area contributed by atoms with E-state index < -0.39 is 10.0 Å². The lowest BCUT2D eigenvalue weighted by Gasteiger charge is -2.22. The summed E-state index contributed by atoms with van der Waals surface area (Å²) in [6, 6.07) is 15.5. The average Bonchev–Trinajstić information content (AvgIpc) is 3.38. The van der Waals surface area contributed by atoms with Crippen molar-refractivity contribution in [2.75, 3.05) is 4.72 Å². The Kier molecular flexibility index (Phi) is 5.44. The first-order valence-corrected chi connectivity index (χ1v) is 11.8. The van der Waals surface area contributed by atoms with Gasteiger partial charge in [-0.25, -0.2) is 8.42 Å². The Morgan fingerprint density at radius 1 is 1.00 bits per heavy atom. The fraction of sp³-hybridized carbons (Fsp3) is 0.227. The van der Waals surface area contributed by atoms with Crippen LogP contribution in [0.3, 0.4) is 0 Å². The fourth-order valence-electron chi connectivity index (χ4n) is 3.42. The van der Waals surface area contributed by atoms with E-state index in [1.165, 1.54) is 0 Å². The number of aromatic amines is 1. The minimum Gasteiger partial charge on any atom is -0.280 e. The second-order valence-electron chi connectivity index (χ2n) is 8.52. The number of nitrogens with zero attached hydrogens (tertiary/aromatic N) is 4. The van der Waals surface area contributed by atoms with E-state index in [-0.39, 0.29) is 14.3 Å². The largest absolute Gasteiger partial charge is 0.287 e. The van der Waals surface area contributed by atoms with Crippen LogP contribution in [0.4, 0.5) is 11.5 Å². The maximum Gasteiger partial charge on any atom is 0.287 e. The Hall–Kier alpha value is -3.01. The van der Waals surface area contributed by atoms with E-state index in [0.717, 1.165) is 5.56 Å². The fourth-order valence-corrected chi connectivity index (χ4v) is 4.75. The number of benzene rings is 2. The lowest BCUT2D eigenvalue weighted by atomic mass is 9.87. The number of halogens is 1. The monoisotopic (exact) mass is 471 g/mol. The molecule has 1 atom stereocenters. The minimum absolute atomic E-state index is 0.0747. The first-order chi connectivity index (χ1) is 15.0. The standard InChI is InChI=1S/C22H24ClN6O2S/c1-15-25-27-21(29(15,23)20-13-14-24-26-20)18-7-5-6-8-19(18)28-32(30,31)17-11-9-16(10-12-17)22(2,3)4/h5-14,28H,1-4H3,(H,24,26)/q+1. The van der Waals surface area contributed by atoms with Gasteiger partial charge in [0.2, 0.25) is 0 Å². The molecule has 0 aliphatic carbocycles. The zero-order valence-electron chi connectivity index (χ0n) is 18.2.